The van der Waals surface area contributed by atoms with E-state index in [0.717, 1.165) is 29.5 Å². The van der Waals surface area contributed by atoms with Crippen LogP contribution in [-0.2, 0) is 20.7 Å². The quantitative estimate of drug-likeness (QED) is 0.756. The van der Waals surface area contributed by atoms with Crippen LogP contribution in [0.25, 0.3) is 11.1 Å². The van der Waals surface area contributed by atoms with Crippen molar-refractivity contribution in [2.24, 2.45) is 5.41 Å². The molecule has 1 aliphatic rings. The zero-order valence-corrected chi connectivity index (χ0v) is 17.6. The van der Waals surface area contributed by atoms with Gasteiger partial charge in [-0.3, -0.25) is 9.59 Å². The first-order valence-electron chi connectivity index (χ1n) is 10.1. The molecule has 1 aliphatic heterocycles. The number of carbonyl (C=O) groups excluding carboxylic acids is 2. The molecule has 2 amide bonds. The Balaban J connectivity index is 1.90. The fraction of sp³-hybridized carbons (Fsp3) is 0.417. The van der Waals surface area contributed by atoms with Crippen LogP contribution in [0.15, 0.2) is 54.6 Å². The van der Waals surface area contributed by atoms with E-state index < -0.39 is 5.41 Å². The van der Waals surface area contributed by atoms with E-state index in [4.69, 9.17) is 4.74 Å². The van der Waals surface area contributed by atoms with Gasteiger partial charge in [-0.2, -0.15) is 0 Å². The number of amides is 2. The lowest BCUT2D eigenvalue weighted by molar-refractivity contribution is -0.148. The molecule has 5 nitrogen and oxygen atoms in total. The SMILES string of the molecule is COCC(=O)N1CCC[C@@](Cc2cccc(-c3ccccc3)c2)(C(=O)N(C)C)C1. The van der Waals surface area contributed by atoms with E-state index in [-0.39, 0.29) is 18.4 Å². The minimum absolute atomic E-state index is 0.0513. The summed E-state index contributed by atoms with van der Waals surface area (Å²) < 4.78 is 5.03. The highest BCUT2D eigenvalue weighted by Gasteiger charge is 2.44. The average Bonchev–Trinajstić information content (AvgIpc) is 2.74. The second-order valence-corrected chi connectivity index (χ2v) is 8.07. The van der Waals surface area contributed by atoms with Crippen LogP contribution in [-0.4, -0.2) is 62.5 Å². The second kappa shape index (κ2) is 9.23. The van der Waals surface area contributed by atoms with Crippen molar-refractivity contribution in [1.29, 1.82) is 0 Å². The molecule has 1 atom stereocenters. The molecule has 0 aliphatic carbocycles. The Morgan fingerprint density at radius 3 is 2.48 bits per heavy atom. The fourth-order valence-electron chi connectivity index (χ4n) is 4.31. The van der Waals surface area contributed by atoms with Gasteiger partial charge in [-0.1, -0.05) is 54.6 Å². The summed E-state index contributed by atoms with van der Waals surface area (Å²) in [6.45, 7) is 1.16. The summed E-state index contributed by atoms with van der Waals surface area (Å²) >= 11 is 0. The molecule has 0 saturated carbocycles. The Hall–Kier alpha value is -2.66. The zero-order valence-electron chi connectivity index (χ0n) is 17.6. The topological polar surface area (TPSA) is 49.9 Å². The Labute approximate surface area is 173 Å². The molecule has 29 heavy (non-hydrogen) atoms. The number of hydrogen-bond acceptors (Lipinski definition) is 3. The van der Waals surface area contributed by atoms with E-state index in [2.05, 4.69) is 30.3 Å². The summed E-state index contributed by atoms with van der Waals surface area (Å²) in [5, 5.41) is 0. The number of likely N-dealkylation sites (tertiary alicyclic amines) is 1. The lowest BCUT2D eigenvalue weighted by atomic mass is 9.73. The molecule has 3 rings (SSSR count). The van der Waals surface area contributed by atoms with Gasteiger partial charge in [0.1, 0.15) is 6.61 Å². The lowest BCUT2D eigenvalue weighted by Crippen LogP contribution is -2.54. The number of ether oxygens (including phenoxy) is 1. The van der Waals surface area contributed by atoms with E-state index in [0.29, 0.717) is 19.5 Å². The molecule has 1 saturated heterocycles. The Morgan fingerprint density at radius 2 is 1.79 bits per heavy atom. The van der Waals surface area contributed by atoms with Crippen LogP contribution in [0, 0.1) is 5.41 Å². The lowest BCUT2D eigenvalue weighted by Gasteiger charge is -2.43. The number of carbonyl (C=O) groups is 2. The van der Waals surface area contributed by atoms with Crippen molar-refractivity contribution in [3.05, 3.63) is 60.2 Å². The average molecular weight is 395 g/mol. The Morgan fingerprint density at radius 1 is 1.07 bits per heavy atom. The van der Waals surface area contributed by atoms with Crippen LogP contribution < -0.4 is 0 Å². The maximum absolute atomic E-state index is 13.3. The first-order chi connectivity index (χ1) is 13.9. The maximum Gasteiger partial charge on any atom is 0.248 e. The first kappa shape index (κ1) is 21.1. The molecule has 0 radical (unpaired) electrons. The molecule has 1 fully saturated rings. The predicted octanol–water partition coefficient (Wildman–Crippen LogP) is 3.24. The van der Waals surface area contributed by atoms with Crippen molar-refractivity contribution in [3.63, 3.8) is 0 Å². The molecule has 0 aromatic heterocycles. The van der Waals surface area contributed by atoms with Crippen molar-refractivity contribution in [2.75, 3.05) is 40.9 Å². The van der Waals surface area contributed by atoms with Crippen LogP contribution in [0.2, 0.25) is 0 Å². The molecule has 5 heteroatoms. The third-order valence-electron chi connectivity index (χ3n) is 5.63. The van der Waals surface area contributed by atoms with Crippen molar-refractivity contribution in [1.82, 2.24) is 9.80 Å². The fourth-order valence-corrected chi connectivity index (χ4v) is 4.31. The number of rotatable bonds is 6. The summed E-state index contributed by atoms with van der Waals surface area (Å²) in [7, 11) is 5.11. The summed E-state index contributed by atoms with van der Waals surface area (Å²) in [4.78, 5) is 29.2. The van der Waals surface area contributed by atoms with Crippen LogP contribution in [0.5, 0.6) is 0 Å². The summed E-state index contributed by atoms with van der Waals surface area (Å²) in [5.74, 6) is 0.0266. The van der Waals surface area contributed by atoms with Gasteiger partial charge in [-0.25, -0.2) is 0 Å². The van der Waals surface area contributed by atoms with Crippen LogP contribution in [0.3, 0.4) is 0 Å². The Kier molecular flexibility index (Phi) is 6.70. The molecule has 1 heterocycles. The van der Waals surface area contributed by atoms with Gasteiger partial charge in [0.2, 0.25) is 11.8 Å². The van der Waals surface area contributed by atoms with E-state index in [1.165, 1.54) is 7.11 Å². The first-order valence-corrected chi connectivity index (χ1v) is 10.1. The molecular weight excluding hydrogens is 364 g/mol. The van der Waals surface area contributed by atoms with Gasteiger partial charge in [0.15, 0.2) is 0 Å². The summed E-state index contributed by atoms with van der Waals surface area (Å²) in [6.07, 6.45) is 2.20. The van der Waals surface area contributed by atoms with Gasteiger partial charge in [-0.05, 0) is 36.0 Å². The predicted molar refractivity (Wildman–Crippen MR) is 114 cm³/mol. The van der Waals surface area contributed by atoms with Gasteiger partial charge in [-0.15, -0.1) is 0 Å². The van der Waals surface area contributed by atoms with Gasteiger partial charge in [0.05, 0.1) is 5.41 Å². The highest BCUT2D eigenvalue weighted by Crippen LogP contribution is 2.36. The van der Waals surface area contributed by atoms with Crippen molar-refractivity contribution in [2.45, 2.75) is 19.3 Å². The highest BCUT2D eigenvalue weighted by molar-refractivity contribution is 5.85. The van der Waals surface area contributed by atoms with Crippen molar-refractivity contribution >= 4 is 11.8 Å². The number of methoxy groups -OCH3 is 1. The van der Waals surface area contributed by atoms with E-state index in [1.807, 2.05) is 24.3 Å². The minimum Gasteiger partial charge on any atom is -0.375 e. The van der Waals surface area contributed by atoms with Gasteiger partial charge in [0, 0.05) is 34.3 Å². The number of piperidine rings is 1. The molecule has 0 bridgehead atoms. The standard InChI is InChI=1S/C24H30N2O3/c1-25(2)23(28)24(13-8-14-26(18-24)22(27)17-29-3)16-19-9-7-12-21(15-19)20-10-5-4-6-11-20/h4-7,9-12,15H,8,13-14,16-18H2,1-3H3/t24-/m0/s1. The number of benzene rings is 2. The molecule has 0 N–H and O–H groups in total. The summed E-state index contributed by atoms with van der Waals surface area (Å²) in [6, 6.07) is 18.6. The van der Waals surface area contributed by atoms with Gasteiger partial charge in [0.25, 0.3) is 0 Å². The van der Waals surface area contributed by atoms with Gasteiger partial charge < -0.3 is 14.5 Å². The molecular formula is C24H30N2O3. The highest BCUT2D eigenvalue weighted by atomic mass is 16.5. The minimum atomic E-state index is -0.611. The van der Waals surface area contributed by atoms with Gasteiger partial charge >= 0.3 is 0 Å². The largest absolute Gasteiger partial charge is 0.375 e. The maximum atomic E-state index is 13.3. The van der Waals surface area contributed by atoms with Crippen molar-refractivity contribution < 1.29 is 14.3 Å². The van der Waals surface area contributed by atoms with Crippen molar-refractivity contribution in [3.8, 4) is 11.1 Å². The molecule has 2 aromatic carbocycles. The zero-order chi connectivity index (χ0) is 20.9. The van der Waals surface area contributed by atoms with E-state index >= 15 is 0 Å². The van der Waals surface area contributed by atoms with Crippen LogP contribution >= 0.6 is 0 Å². The van der Waals surface area contributed by atoms with E-state index in [9.17, 15) is 9.59 Å². The molecule has 0 unspecified atom stereocenters. The Bertz CT molecular complexity index is 850. The number of hydrogen-bond donors (Lipinski definition) is 0. The smallest absolute Gasteiger partial charge is 0.248 e. The van der Waals surface area contributed by atoms with E-state index in [1.54, 1.807) is 23.9 Å². The molecule has 154 valence electrons. The third-order valence-corrected chi connectivity index (χ3v) is 5.63. The second-order valence-electron chi connectivity index (χ2n) is 8.07. The van der Waals surface area contributed by atoms with Crippen LogP contribution in [0.1, 0.15) is 18.4 Å². The monoisotopic (exact) mass is 394 g/mol. The third kappa shape index (κ3) is 4.85. The van der Waals surface area contributed by atoms with Crippen LogP contribution in [0.4, 0.5) is 0 Å². The number of nitrogens with zero attached hydrogens (tertiary/aromatic N) is 2. The summed E-state index contributed by atoms with van der Waals surface area (Å²) in [5.41, 5.74) is 2.80. The normalized spacial score (nSPS) is 19.1. The molecule has 0 spiro atoms. The molecule has 2 aromatic rings.